The van der Waals surface area contributed by atoms with Crippen molar-refractivity contribution in [2.45, 2.75) is 37.6 Å². The van der Waals surface area contributed by atoms with Crippen LogP contribution in [0.15, 0.2) is 47.5 Å². The number of carbonyl (C=O) groups is 1. The van der Waals surface area contributed by atoms with Gasteiger partial charge in [0.25, 0.3) is 0 Å². The first kappa shape index (κ1) is 21.5. The van der Waals surface area contributed by atoms with Crippen molar-refractivity contribution >= 4 is 21.6 Å². The molecular weight excluding hydrogens is 388 g/mol. The van der Waals surface area contributed by atoms with Crippen molar-refractivity contribution in [1.82, 2.24) is 13.8 Å². The van der Waals surface area contributed by atoms with Crippen LogP contribution in [0.2, 0.25) is 0 Å². The minimum Gasteiger partial charge on any atom is -0.353 e. The van der Waals surface area contributed by atoms with Crippen LogP contribution < -0.4 is 5.32 Å². The quantitative estimate of drug-likeness (QED) is 0.715. The Labute approximate surface area is 173 Å². The average Bonchev–Trinajstić information content (AvgIpc) is 3.31. The molecule has 1 saturated heterocycles. The van der Waals surface area contributed by atoms with Gasteiger partial charge in [-0.15, -0.1) is 0 Å². The summed E-state index contributed by atoms with van der Waals surface area (Å²) in [5.41, 5.74) is 1.82. The molecule has 1 aliphatic heterocycles. The zero-order valence-corrected chi connectivity index (χ0v) is 18.2. The first-order chi connectivity index (χ1) is 13.9. The van der Waals surface area contributed by atoms with Crippen LogP contribution in [0.3, 0.4) is 0 Å². The Morgan fingerprint density at radius 1 is 1.17 bits per heavy atom. The van der Waals surface area contributed by atoms with E-state index in [4.69, 9.17) is 0 Å². The average molecular weight is 419 g/mol. The second-order valence-electron chi connectivity index (χ2n) is 7.33. The number of aromatic nitrogens is 1. The highest BCUT2D eigenvalue weighted by Gasteiger charge is 2.29. The molecule has 1 amide bonds. The highest BCUT2D eigenvalue weighted by molar-refractivity contribution is 7.89. The molecule has 1 fully saturated rings. The third-order valence-electron chi connectivity index (χ3n) is 5.52. The van der Waals surface area contributed by atoms with Gasteiger partial charge in [0.1, 0.15) is 0 Å². The minimum atomic E-state index is -3.49. The highest BCUT2D eigenvalue weighted by Crippen LogP contribution is 2.31. The highest BCUT2D eigenvalue weighted by atomic mass is 32.2. The molecule has 29 heavy (non-hydrogen) atoms. The van der Waals surface area contributed by atoms with E-state index < -0.39 is 10.0 Å². The number of sulfonamides is 1. The predicted molar refractivity (Wildman–Crippen MR) is 114 cm³/mol. The van der Waals surface area contributed by atoms with Crippen LogP contribution >= 0.6 is 0 Å². The van der Waals surface area contributed by atoms with Crippen molar-refractivity contribution in [2.24, 2.45) is 7.05 Å². The van der Waals surface area contributed by atoms with E-state index in [9.17, 15) is 13.2 Å². The van der Waals surface area contributed by atoms with Gasteiger partial charge in [-0.25, -0.2) is 8.42 Å². The standard InChI is InChI=1S/C21H30N4O3S/c1-4-25(5-2)29(27,28)18-12-10-17(11-13-18)22-21(26)16-24-15-7-9-20(24)19-8-6-14-23(19)3/h6,8,10-14,20H,4-5,7,9,15-16H2,1-3H3,(H,22,26)/t20-/m1/s1. The summed E-state index contributed by atoms with van der Waals surface area (Å²) in [6.45, 7) is 5.69. The van der Waals surface area contributed by atoms with Crippen LogP contribution in [0.4, 0.5) is 5.69 Å². The van der Waals surface area contributed by atoms with Gasteiger partial charge >= 0.3 is 0 Å². The summed E-state index contributed by atoms with van der Waals surface area (Å²) >= 11 is 0. The molecule has 8 heteroatoms. The lowest BCUT2D eigenvalue weighted by Gasteiger charge is -2.24. The lowest BCUT2D eigenvalue weighted by atomic mass is 10.1. The number of anilines is 1. The molecule has 1 aromatic heterocycles. The van der Waals surface area contributed by atoms with Crippen molar-refractivity contribution in [3.05, 3.63) is 48.3 Å². The Kier molecular flexibility index (Phi) is 6.77. The van der Waals surface area contributed by atoms with Gasteiger partial charge in [-0.3, -0.25) is 9.69 Å². The summed E-state index contributed by atoms with van der Waals surface area (Å²) < 4.78 is 28.6. The molecule has 1 aromatic carbocycles. The molecule has 0 saturated carbocycles. The van der Waals surface area contributed by atoms with E-state index in [0.29, 0.717) is 25.3 Å². The molecule has 158 valence electrons. The van der Waals surface area contributed by atoms with Gasteiger partial charge in [-0.1, -0.05) is 13.8 Å². The van der Waals surface area contributed by atoms with E-state index >= 15 is 0 Å². The Balaban J connectivity index is 1.63. The van der Waals surface area contributed by atoms with E-state index in [1.807, 2.05) is 33.2 Å². The second kappa shape index (κ2) is 9.11. The number of amides is 1. The van der Waals surface area contributed by atoms with E-state index in [2.05, 4.69) is 20.9 Å². The summed E-state index contributed by atoms with van der Waals surface area (Å²) in [6, 6.07) is 10.8. The van der Waals surface area contributed by atoms with Crippen LogP contribution in [0, 0.1) is 0 Å². The molecule has 3 rings (SSSR count). The number of benzene rings is 1. The first-order valence-corrected chi connectivity index (χ1v) is 11.6. The Hall–Kier alpha value is -2.16. The summed E-state index contributed by atoms with van der Waals surface area (Å²) in [5, 5.41) is 2.89. The lowest BCUT2D eigenvalue weighted by molar-refractivity contribution is -0.117. The monoisotopic (exact) mass is 418 g/mol. The van der Waals surface area contributed by atoms with Crippen LogP contribution in [-0.4, -0.2) is 54.3 Å². The van der Waals surface area contributed by atoms with Crippen molar-refractivity contribution in [3.8, 4) is 0 Å². The van der Waals surface area contributed by atoms with Gasteiger partial charge < -0.3 is 9.88 Å². The Morgan fingerprint density at radius 2 is 1.86 bits per heavy atom. The molecule has 1 atom stereocenters. The molecule has 0 radical (unpaired) electrons. The Bertz CT molecular complexity index is 933. The third kappa shape index (κ3) is 4.71. The van der Waals surface area contributed by atoms with E-state index in [1.54, 1.807) is 24.3 Å². The van der Waals surface area contributed by atoms with Crippen LogP contribution in [0.25, 0.3) is 0 Å². The van der Waals surface area contributed by atoms with E-state index in [0.717, 1.165) is 19.4 Å². The molecule has 7 nitrogen and oxygen atoms in total. The normalized spacial score (nSPS) is 17.7. The van der Waals surface area contributed by atoms with Gasteiger partial charge in [0, 0.05) is 37.7 Å². The molecular formula is C21H30N4O3S. The smallest absolute Gasteiger partial charge is 0.243 e. The summed E-state index contributed by atoms with van der Waals surface area (Å²) in [5.74, 6) is -0.0922. The Morgan fingerprint density at radius 3 is 2.45 bits per heavy atom. The lowest BCUT2D eigenvalue weighted by Crippen LogP contribution is -2.33. The zero-order chi connectivity index (χ0) is 21.0. The molecule has 2 heterocycles. The van der Waals surface area contributed by atoms with Gasteiger partial charge in [-0.05, 0) is 55.8 Å². The predicted octanol–water partition coefficient (Wildman–Crippen LogP) is 2.83. The number of likely N-dealkylation sites (tertiary alicyclic amines) is 1. The fraction of sp³-hybridized carbons (Fsp3) is 0.476. The number of hydrogen-bond donors (Lipinski definition) is 1. The zero-order valence-electron chi connectivity index (χ0n) is 17.3. The van der Waals surface area contributed by atoms with E-state index in [-0.39, 0.29) is 16.8 Å². The van der Waals surface area contributed by atoms with Gasteiger partial charge in [0.15, 0.2) is 0 Å². The molecule has 0 spiro atoms. The van der Waals surface area contributed by atoms with Crippen LogP contribution in [0.1, 0.15) is 38.4 Å². The second-order valence-corrected chi connectivity index (χ2v) is 9.27. The molecule has 0 unspecified atom stereocenters. The van der Waals surface area contributed by atoms with Crippen LogP contribution in [0.5, 0.6) is 0 Å². The largest absolute Gasteiger partial charge is 0.353 e. The molecule has 1 N–H and O–H groups in total. The molecule has 2 aromatic rings. The van der Waals surface area contributed by atoms with Gasteiger partial charge in [-0.2, -0.15) is 4.31 Å². The maximum Gasteiger partial charge on any atom is 0.243 e. The number of carbonyl (C=O) groups excluding carboxylic acids is 1. The summed E-state index contributed by atoms with van der Waals surface area (Å²) in [6.07, 6.45) is 4.14. The fourth-order valence-corrected chi connectivity index (χ4v) is 5.44. The van der Waals surface area contributed by atoms with Crippen molar-refractivity contribution in [1.29, 1.82) is 0 Å². The molecule has 0 aliphatic carbocycles. The first-order valence-electron chi connectivity index (χ1n) is 10.1. The van der Waals surface area contributed by atoms with Crippen molar-refractivity contribution < 1.29 is 13.2 Å². The maximum atomic E-state index is 12.6. The van der Waals surface area contributed by atoms with Gasteiger partial charge in [0.2, 0.25) is 15.9 Å². The SMILES string of the molecule is CCN(CC)S(=O)(=O)c1ccc(NC(=O)CN2CCC[C@@H]2c2cccn2C)cc1. The van der Waals surface area contributed by atoms with Gasteiger partial charge in [0.05, 0.1) is 17.5 Å². The fourth-order valence-electron chi connectivity index (χ4n) is 3.98. The summed E-state index contributed by atoms with van der Waals surface area (Å²) in [7, 11) is -1.46. The number of aryl methyl sites for hydroxylation is 1. The number of rotatable bonds is 8. The molecule has 1 aliphatic rings. The number of hydrogen-bond acceptors (Lipinski definition) is 4. The molecule has 0 bridgehead atoms. The summed E-state index contributed by atoms with van der Waals surface area (Å²) in [4.78, 5) is 15.0. The third-order valence-corrected chi connectivity index (χ3v) is 7.58. The van der Waals surface area contributed by atoms with Crippen molar-refractivity contribution in [2.75, 3.05) is 31.5 Å². The minimum absolute atomic E-state index is 0.0922. The van der Waals surface area contributed by atoms with E-state index in [1.165, 1.54) is 10.00 Å². The number of nitrogens with one attached hydrogen (secondary N) is 1. The van der Waals surface area contributed by atoms with Crippen LogP contribution in [-0.2, 0) is 21.9 Å². The maximum absolute atomic E-state index is 12.6. The topological polar surface area (TPSA) is 74.7 Å². The number of nitrogens with zero attached hydrogens (tertiary/aromatic N) is 3. The van der Waals surface area contributed by atoms with Crippen molar-refractivity contribution in [3.63, 3.8) is 0 Å².